The zero-order valence-corrected chi connectivity index (χ0v) is 12.7. The zero-order valence-electron chi connectivity index (χ0n) is 11.9. The highest BCUT2D eigenvalue weighted by Gasteiger charge is 2.12. The van der Waals surface area contributed by atoms with Crippen LogP contribution in [0.4, 0.5) is 11.6 Å². The lowest BCUT2D eigenvalue weighted by molar-refractivity contribution is 0.122. The van der Waals surface area contributed by atoms with Gasteiger partial charge in [-0.3, -0.25) is 5.43 Å². The minimum absolute atomic E-state index is 0.648. The lowest BCUT2D eigenvalue weighted by atomic mass is 10.2. The second kappa shape index (κ2) is 7.20. The van der Waals surface area contributed by atoms with Crippen LogP contribution in [0, 0.1) is 0 Å². The van der Waals surface area contributed by atoms with Gasteiger partial charge in [-0.15, -0.1) is 0 Å². The molecule has 1 aliphatic rings. The van der Waals surface area contributed by atoms with Gasteiger partial charge in [-0.1, -0.05) is 23.7 Å². The Balaban J connectivity index is 1.65. The molecule has 2 aromatic rings. The van der Waals surface area contributed by atoms with Gasteiger partial charge in [0.05, 0.1) is 19.4 Å². The van der Waals surface area contributed by atoms with Crippen molar-refractivity contribution < 1.29 is 4.74 Å². The molecule has 1 saturated heterocycles. The van der Waals surface area contributed by atoms with Crippen LogP contribution in [-0.2, 0) is 4.74 Å². The van der Waals surface area contributed by atoms with Gasteiger partial charge >= 0.3 is 0 Å². The number of hydrogen-bond acceptors (Lipinski definition) is 6. The Bertz CT molecular complexity index is 658. The fourth-order valence-electron chi connectivity index (χ4n) is 2.13. The van der Waals surface area contributed by atoms with Crippen LogP contribution in [0.2, 0.25) is 5.02 Å². The smallest absolute Gasteiger partial charge is 0.151 e. The average molecular weight is 318 g/mol. The van der Waals surface area contributed by atoms with Gasteiger partial charge in [0, 0.05) is 24.2 Å². The van der Waals surface area contributed by atoms with Gasteiger partial charge in [-0.25, -0.2) is 9.97 Å². The first-order valence-corrected chi connectivity index (χ1v) is 7.38. The number of aromatic nitrogens is 2. The van der Waals surface area contributed by atoms with Crippen molar-refractivity contribution in [2.24, 2.45) is 5.10 Å². The monoisotopic (exact) mass is 317 g/mol. The molecule has 1 aromatic carbocycles. The van der Waals surface area contributed by atoms with Crippen LogP contribution in [0.15, 0.2) is 41.8 Å². The number of ether oxygens (including phenoxy) is 1. The number of benzene rings is 1. The fraction of sp³-hybridized carbons (Fsp3) is 0.267. The van der Waals surface area contributed by atoms with E-state index < -0.39 is 0 Å². The van der Waals surface area contributed by atoms with Crippen molar-refractivity contribution in [2.45, 2.75) is 0 Å². The summed E-state index contributed by atoms with van der Waals surface area (Å²) in [6.45, 7) is 3.11. The Morgan fingerprint density at radius 1 is 1.23 bits per heavy atom. The third kappa shape index (κ3) is 3.93. The largest absolute Gasteiger partial charge is 0.378 e. The average Bonchev–Trinajstić information content (AvgIpc) is 2.56. The lowest BCUT2D eigenvalue weighted by Gasteiger charge is -2.27. The highest BCUT2D eigenvalue weighted by Crippen LogP contribution is 2.15. The van der Waals surface area contributed by atoms with E-state index in [2.05, 4.69) is 25.4 Å². The molecule has 0 spiro atoms. The summed E-state index contributed by atoms with van der Waals surface area (Å²) in [6, 6.07) is 9.35. The van der Waals surface area contributed by atoms with Gasteiger partial charge in [0.1, 0.15) is 12.1 Å². The van der Waals surface area contributed by atoms with E-state index in [0.717, 1.165) is 37.7 Å². The zero-order chi connectivity index (χ0) is 15.2. The highest BCUT2D eigenvalue weighted by molar-refractivity contribution is 6.30. The summed E-state index contributed by atoms with van der Waals surface area (Å²) < 4.78 is 5.34. The molecule has 0 amide bonds. The van der Waals surface area contributed by atoms with Crippen LogP contribution in [0.1, 0.15) is 5.56 Å². The summed E-state index contributed by atoms with van der Waals surface area (Å²) in [5.41, 5.74) is 3.83. The maximum Gasteiger partial charge on any atom is 0.151 e. The van der Waals surface area contributed by atoms with Crippen LogP contribution in [0.25, 0.3) is 0 Å². The van der Waals surface area contributed by atoms with E-state index in [1.165, 1.54) is 6.33 Å². The number of rotatable bonds is 4. The Morgan fingerprint density at radius 3 is 2.91 bits per heavy atom. The quantitative estimate of drug-likeness (QED) is 0.693. The van der Waals surface area contributed by atoms with Crippen LogP contribution in [0.5, 0.6) is 0 Å². The van der Waals surface area contributed by atoms with E-state index >= 15 is 0 Å². The van der Waals surface area contributed by atoms with E-state index in [4.69, 9.17) is 16.3 Å². The van der Waals surface area contributed by atoms with Gasteiger partial charge in [-0.05, 0) is 17.7 Å². The maximum atomic E-state index is 5.93. The van der Waals surface area contributed by atoms with Gasteiger partial charge in [0.2, 0.25) is 0 Å². The Hall–Kier alpha value is -2.18. The predicted octanol–water partition coefficient (Wildman–Crippen LogP) is 2.41. The molecule has 1 N–H and O–H groups in total. The van der Waals surface area contributed by atoms with Gasteiger partial charge in [0.25, 0.3) is 0 Å². The summed E-state index contributed by atoms with van der Waals surface area (Å²) in [5.74, 6) is 1.52. The molecule has 2 heterocycles. The molecule has 3 rings (SSSR count). The van der Waals surface area contributed by atoms with Crippen molar-refractivity contribution in [3.63, 3.8) is 0 Å². The molecule has 0 unspecified atom stereocenters. The predicted molar refractivity (Wildman–Crippen MR) is 87.7 cm³/mol. The minimum atomic E-state index is 0.648. The van der Waals surface area contributed by atoms with Gasteiger partial charge in [-0.2, -0.15) is 5.10 Å². The molecular weight excluding hydrogens is 302 g/mol. The molecule has 0 aliphatic carbocycles. The second-order valence-corrected chi connectivity index (χ2v) is 5.22. The summed E-state index contributed by atoms with van der Waals surface area (Å²) in [6.07, 6.45) is 3.23. The second-order valence-electron chi connectivity index (χ2n) is 4.79. The molecule has 22 heavy (non-hydrogen) atoms. The highest BCUT2D eigenvalue weighted by atomic mass is 35.5. The van der Waals surface area contributed by atoms with Crippen LogP contribution < -0.4 is 10.3 Å². The normalized spacial score (nSPS) is 15.2. The maximum absolute atomic E-state index is 5.93. The molecule has 1 aliphatic heterocycles. The van der Waals surface area contributed by atoms with Gasteiger partial charge < -0.3 is 9.64 Å². The molecule has 0 saturated carbocycles. The van der Waals surface area contributed by atoms with Crippen molar-refractivity contribution in [3.8, 4) is 0 Å². The Kier molecular flexibility index (Phi) is 4.82. The van der Waals surface area contributed by atoms with Crippen LogP contribution >= 0.6 is 11.6 Å². The van der Waals surface area contributed by atoms with Crippen molar-refractivity contribution in [2.75, 3.05) is 36.6 Å². The van der Waals surface area contributed by atoms with Crippen LogP contribution in [-0.4, -0.2) is 42.5 Å². The number of nitrogens with one attached hydrogen (secondary N) is 1. The summed E-state index contributed by atoms with van der Waals surface area (Å²) in [5, 5.41) is 4.85. The molecule has 7 heteroatoms. The van der Waals surface area contributed by atoms with E-state index in [-0.39, 0.29) is 0 Å². The lowest BCUT2D eigenvalue weighted by Crippen LogP contribution is -2.36. The van der Waals surface area contributed by atoms with Crippen LogP contribution in [0.3, 0.4) is 0 Å². The molecule has 114 valence electrons. The van der Waals surface area contributed by atoms with Gasteiger partial charge in [0.15, 0.2) is 5.82 Å². The molecule has 0 radical (unpaired) electrons. The minimum Gasteiger partial charge on any atom is -0.378 e. The van der Waals surface area contributed by atoms with Crippen molar-refractivity contribution in [1.29, 1.82) is 0 Å². The SMILES string of the molecule is Clc1cccc(C=NNc2cc(N3CCOCC3)ncn2)c1. The number of hydrazone groups is 1. The molecule has 0 atom stereocenters. The third-order valence-electron chi connectivity index (χ3n) is 3.23. The Morgan fingerprint density at radius 2 is 2.09 bits per heavy atom. The molecular formula is C15H16ClN5O. The number of anilines is 2. The topological polar surface area (TPSA) is 62.6 Å². The summed E-state index contributed by atoms with van der Waals surface area (Å²) >= 11 is 5.93. The number of nitrogens with zero attached hydrogens (tertiary/aromatic N) is 4. The summed E-state index contributed by atoms with van der Waals surface area (Å²) in [4.78, 5) is 10.6. The molecule has 0 bridgehead atoms. The number of halogens is 1. The molecule has 1 fully saturated rings. The van der Waals surface area contributed by atoms with E-state index in [9.17, 15) is 0 Å². The molecule has 6 nitrogen and oxygen atoms in total. The first-order chi connectivity index (χ1) is 10.8. The first kappa shape index (κ1) is 14.7. The standard InChI is InChI=1S/C15H16ClN5O/c16-13-3-1-2-12(8-13)10-19-20-14-9-15(18-11-17-14)21-4-6-22-7-5-21/h1-3,8-11H,4-7H2,(H,17,18,20). The Labute approximate surface area is 133 Å². The fourth-order valence-corrected chi connectivity index (χ4v) is 2.33. The van der Waals surface area contributed by atoms with Crippen molar-refractivity contribution >= 4 is 29.5 Å². The van der Waals surface area contributed by atoms with Crippen molar-refractivity contribution in [3.05, 3.63) is 47.2 Å². The number of morpholine rings is 1. The summed E-state index contributed by atoms with van der Waals surface area (Å²) in [7, 11) is 0. The first-order valence-electron chi connectivity index (χ1n) is 7.01. The number of hydrogen-bond donors (Lipinski definition) is 1. The van der Waals surface area contributed by atoms with E-state index in [1.54, 1.807) is 6.21 Å². The van der Waals surface area contributed by atoms with E-state index in [1.807, 2.05) is 30.3 Å². The van der Waals surface area contributed by atoms with E-state index in [0.29, 0.717) is 10.8 Å². The molecule has 1 aromatic heterocycles. The third-order valence-corrected chi connectivity index (χ3v) is 3.46. The van der Waals surface area contributed by atoms with Crippen molar-refractivity contribution in [1.82, 2.24) is 9.97 Å².